The van der Waals surface area contributed by atoms with Gasteiger partial charge in [-0.3, -0.25) is 9.59 Å². The molecule has 0 spiro atoms. The molecule has 0 bridgehead atoms. The second-order valence-electron chi connectivity index (χ2n) is 3.85. The van der Waals surface area contributed by atoms with Crippen molar-refractivity contribution in [3.05, 3.63) is 29.3 Å². The highest BCUT2D eigenvalue weighted by molar-refractivity contribution is 6.30. The Morgan fingerprint density at radius 1 is 1.28 bits per heavy atom. The highest BCUT2D eigenvalue weighted by Crippen LogP contribution is 2.17. The van der Waals surface area contributed by atoms with Crippen molar-refractivity contribution in [2.24, 2.45) is 0 Å². The van der Waals surface area contributed by atoms with Crippen LogP contribution in [0.2, 0.25) is 5.02 Å². The van der Waals surface area contributed by atoms with E-state index in [1.54, 1.807) is 36.1 Å². The Hall–Kier alpha value is -1.55. The lowest BCUT2D eigenvalue weighted by molar-refractivity contribution is -0.121. The molecule has 0 unspecified atom stereocenters. The number of halogens is 1. The number of benzene rings is 1. The van der Waals surface area contributed by atoms with Gasteiger partial charge in [0, 0.05) is 37.1 Å². The summed E-state index contributed by atoms with van der Waals surface area (Å²) in [5.41, 5.74) is 0.776. The zero-order valence-electron chi connectivity index (χ0n) is 10.6. The molecule has 0 aliphatic carbocycles. The Morgan fingerprint density at radius 3 is 2.39 bits per heavy atom. The van der Waals surface area contributed by atoms with Crippen molar-refractivity contribution in [1.29, 1.82) is 0 Å². The van der Waals surface area contributed by atoms with Crippen molar-refractivity contribution in [2.45, 2.75) is 20.3 Å². The molecule has 1 rings (SSSR count). The van der Waals surface area contributed by atoms with E-state index >= 15 is 0 Å². The molecule has 5 heteroatoms. The predicted molar refractivity (Wildman–Crippen MR) is 72.8 cm³/mol. The van der Waals surface area contributed by atoms with Crippen LogP contribution in [0.15, 0.2) is 24.3 Å². The van der Waals surface area contributed by atoms with Crippen LogP contribution in [0.25, 0.3) is 0 Å². The lowest BCUT2D eigenvalue weighted by atomic mass is 10.3. The van der Waals surface area contributed by atoms with Crippen molar-refractivity contribution >= 4 is 29.1 Å². The average molecular weight is 269 g/mol. The van der Waals surface area contributed by atoms with Crippen molar-refractivity contribution in [3.8, 4) is 0 Å². The van der Waals surface area contributed by atoms with E-state index in [0.717, 1.165) is 5.69 Å². The van der Waals surface area contributed by atoms with Gasteiger partial charge in [-0.15, -0.1) is 0 Å². The van der Waals surface area contributed by atoms with Crippen molar-refractivity contribution < 1.29 is 9.59 Å². The quantitative estimate of drug-likeness (QED) is 0.890. The number of hydrogen-bond acceptors (Lipinski definition) is 2. The molecule has 1 aromatic rings. The smallest absolute Gasteiger partial charge is 0.223 e. The monoisotopic (exact) mass is 268 g/mol. The molecule has 0 aliphatic rings. The van der Waals surface area contributed by atoms with E-state index < -0.39 is 0 Å². The SMILES string of the molecule is CCC(=O)NCCN(C(C)=O)c1ccc(Cl)cc1. The van der Waals surface area contributed by atoms with E-state index in [0.29, 0.717) is 24.5 Å². The summed E-state index contributed by atoms with van der Waals surface area (Å²) >= 11 is 5.80. The fourth-order valence-corrected chi connectivity index (χ4v) is 1.65. The van der Waals surface area contributed by atoms with Crippen molar-refractivity contribution in [3.63, 3.8) is 0 Å². The van der Waals surface area contributed by atoms with Crippen molar-refractivity contribution in [1.82, 2.24) is 5.32 Å². The molecule has 0 heterocycles. The molecule has 1 N–H and O–H groups in total. The minimum atomic E-state index is -0.0666. The Balaban J connectivity index is 2.63. The van der Waals surface area contributed by atoms with E-state index in [4.69, 9.17) is 11.6 Å². The summed E-state index contributed by atoms with van der Waals surface area (Å²) in [6.07, 6.45) is 0.445. The number of nitrogens with zero attached hydrogens (tertiary/aromatic N) is 1. The van der Waals surface area contributed by atoms with Crippen LogP contribution in [0, 0.1) is 0 Å². The highest BCUT2D eigenvalue weighted by Gasteiger charge is 2.11. The van der Waals surface area contributed by atoms with Crippen LogP contribution >= 0.6 is 11.6 Å². The normalized spacial score (nSPS) is 9.94. The van der Waals surface area contributed by atoms with Gasteiger partial charge in [0.15, 0.2) is 0 Å². The zero-order chi connectivity index (χ0) is 13.5. The van der Waals surface area contributed by atoms with Crippen LogP contribution in [0.4, 0.5) is 5.69 Å². The summed E-state index contributed by atoms with van der Waals surface area (Å²) < 4.78 is 0. The first-order valence-electron chi connectivity index (χ1n) is 5.85. The van der Waals surface area contributed by atoms with Gasteiger partial charge in [0.05, 0.1) is 0 Å². The Labute approximate surface area is 112 Å². The number of rotatable bonds is 5. The zero-order valence-corrected chi connectivity index (χ0v) is 11.3. The fourth-order valence-electron chi connectivity index (χ4n) is 1.52. The number of carbonyl (C=O) groups is 2. The molecule has 0 aliphatic heterocycles. The van der Waals surface area contributed by atoms with E-state index in [9.17, 15) is 9.59 Å². The van der Waals surface area contributed by atoms with E-state index in [1.807, 2.05) is 0 Å². The second kappa shape index (κ2) is 7.01. The summed E-state index contributed by atoms with van der Waals surface area (Å²) in [5, 5.41) is 3.37. The maximum Gasteiger partial charge on any atom is 0.223 e. The average Bonchev–Trinajstić information content (AvgIpc) is 2.35. The van der Waals surface area contributed by atoms with Crippen LogP contribution in [-0.2, 0) is 9.59 Å². The minimum absolute atomic E-state index is 0.0189. The van der Waals surface area contributed by atoms with Crippen LogP contribution in [0.1, 0.15) is 20.3 Å². The van der Waals surface area contributed by atoms with Gasteiger partial charge in [0.2, 0.25) is 11.8 Å². The number of nitrogens with one attached hydrogen (secondary N) is 1. The fraction of sp³-hybridized carbons (Fsp3) is 0.385. The minimum Gasteiger partial charge on any atom is -0.354 e. The summed E-state index contributed by atoms with van der Waals surface area (Å²) in [6, 6.07) is 7.03. The molecule has 0 saturated carbocycles. The van der Waals surface area contributed by atoms with E-state index in [1.165, 1.54) is 6.92 Å². The first-order chi connectivity index (χ1) is 8.54. The van der Waals surface area contributed by atoms with Crippen LogP contribution in [-0.4, -0.2) is 24.9 Å². The molecule has 1 aromatic carbocycles. The third-order valence-corrected chi connectivity index (χ3v) is 2.75. The molecule has 0 atom stereocenters. The third kappa shape index (κ3) is 4.37. The lowest BCUT2D eigenvalue weighted by Gasteiger charge is -2.21. The van der Waals surface area contributed by atoms with Gasteiger partial charge in [-0.1, -0.05) is 18.5 Å². The largest absolute Gasteiger partial charge is 0.354 e. The maximum atomic E-state index is 11.6. The van der Waals surface area contributed by atoms with Gasteiger partial charge in [-0.25, -0.2) is 0 Å². The standard InChI is InChI=1S/C13H17ClN2O2/c1-3-13(18)15-8-9-16(10(2)17)12-6-4-11(14)5-7-12/h4-7H,3,8-9H2,1-2H3,(H,15,18). The molecule has 0 fully saturated rings. The molecule has 4 nitrogen and oxygen atoms in total. The summed E-state index contributed by atoms with van der Waals surface area (Å²) in [5.74, 6) is -0.0855. The first kappa shape index (κ1) is 14.5. The van der Waals surface area contributed by atoms with Crippen LogP contribution in [0.5, 0.6) is 0 Å². The molecule has 18 heavy (non-hydrogen) atoms. The molecular weight excluding hydrogens is 252 g/mol. The summed E-state index contributed by atoms with van der Waals surface area (Å²) in [6.45, 7) is 4.17. The number of carbonyl (C=O) groups excluding carboxylic acids is 2. The second-order valence-corrected chi connectivity index (χ2v) is 4.29. The number of amides is 2. The van der Waals surface area contributed by atoms with E-state index in [-0.39, 0.29) is 11.8 Å². The lowest BCUT2D eigenvalue weighted by Crippen LogP contribution is -2.37. The molecule has 0 saturated heterocycles. The predicted octanol–water partition coefficient (Wildman–Crippen LogP) is 2.22. The highest BCUT2D eigenvalue weighted by atomic mass is 35.5. The van der Waals surface area contributed by atoms with Crippen LogP contribution in [0.3, 0.4) is 0 Å². The molecule has 2 amide bonds. The maximum absolute atomic E-state index is 11.6. The molecule has 0 radical (unpaired) electrons. The topological polar surface area (TPSA) is 49.4 Å². The van der Waals surface area contributed by atoms with Gasteiger partial charge >= 0.3 is 0 Å². The van der Waals surface area contributed by atoms with Gasteiger partial charge in [0.25, 0.3) is 0 Å². The molecule has 98 valence electrons. The number of hydrogen-bond donors (Lipinski definition) is 1. The van der Waals surface area contributed by atoms with E-state index in [2.05, 4.69) is 5.32 Å². The molecule has 0 aromatic heterocycles. The van der Waals surface area contributed by atoms with Crippen LogP contribution < -0.4 is 10.2 Å². The molecular formula is C13H17ClN2O2. The Morgan fingerprint density at radius 2 is 1.89 bits per heavy atom. The Kier molecular flexibility index (Phi) is 5.65. The van der Waals surface area contributed by atoms with Gasteiger partial charge < -0.3 is 10.2 Å². The third-order valence-electron chi connectivity index (χ3n) is 2.50. The summed E-state index contributed by atoms with van der Waals surface area (Å²) in [7, 11) is 0. The van der Waals surface area contributed by atoms with Gasteiger partial charge in [-0.2, -0.15) is 0 Å². The van der Waals surface area contributed by atoms with Gasteiger partial charge in [-0.05, 0) is 24.3 Å². The first-order valence-corrected chi connectivity index (χ1v) is 6.22. The summed E-state index contributed by atoms with van der Waals surface area (Å²) in [4.78, 5) is 24.3. The number of anilines is 1. The Bertz CT molecular complexity index is 418. The van der Waals surface area contributed by atoms with Gasteiger partial charge in [0.1, 0.15) is 0 Å². The van der Waals surface area contributed by atoms with Crippen molar-refractivity contribution in [2.75, 3.05) is 18.0 Å².